The fourth-order valence-corrected chi connectivity index (χ4v) is 2.57. The van der Waals surface area contributed by atoms with E-state index in [4.69, 9.17) is 0 Å². The minimum absolute atomic E-state index is 0.0355. The average molecular weight is 325 g/mol. The van der Waals surface area contributed by atoms with Crippen molar-refractivity contribution in [2.24, 2.45) is 0 Å². The number of thioether (sulfide) groups is 1. The van der Waals surface area contributed by atoms with E-state index in [0.717, 1.165) is 30.2 Å². The zero-order valence-electron chi connectivity index (χ0n) is 13.6. The van der Waals surface area contributed by atoms with Crippen molar-refractivity contribution < 1.29 is 0 Å². The van der Waals surface area contributed by atoms with E-state index in [0.29, 0.717) is 0 Å². The lowest BCUT2D eigenvalue weighted by molar-refractivity contribution is 0.748. The van der Waals surface area contributed by atoms with Crippen molar-refractivity contribution in [1.29, 1.82) is 0 Å². The number of hydrogen-bond acceptors (Lipinski definition) is 4. The Morgan fingerprint density at radius 2 is 1.62 bits per heavy atom. The smallest absolute Gasteiger partial charge is 0.0576 e. The number of para-hydroxylation sites is 2. The SMILES string of the molecule is C=CCSC(C)(C)CNc1ccccc1NCC(C)(C)S. The monoisotopic (exact) mass is 324 g/mol. The molecule has 0 bridgehead atoms. The molecular formula is C17H28N2S2. The van der Waals surface area contributed by atoms with E-state index in [9.17, 15) is 0 Å². The molecule has 0 amide bonds. The molecule has 0 aromatic heterocycles. The normalized spacial score (nSPS) is 12.0. The Kier molecular flexibility index (Phi) is 7.01. The van der Waals surface area contributed by atoms with Crippen LogP contribution in [0.2, 0.25) is 0 Å². The largest absolute Gasteiger partial charge is 0.382 e. The van der Waals surface area contributed by atoms with Crippen molar-refractivity contribution in [2.75, 3.05) is 29.5 Å². The molecule has 1 aromatic carbocycles. The van der Waals surface area contributed by atoms with E-state index in [-0.39, 0.29) is 9.49 Å². The Hall–Kier alpha value is -0.740. The van der Waals surface area contributed by atoms with Gasteiger partial charge in [0.2, 0.25) is 0 Å². The second kappa shape index (κ2) is 8.04. The van der Waals surface area contributed by atoms with Gasteiger partial charge in [-0.1, -0.05) is 18.2 Å². The average Bonchev–Trinajstić information content (AvgIpc) is 2.41. The third-order valence-electron chi connectivity index (χ3n) is 2.93. The summed E-state index contributed by atoms with van der Waals surface area (Å²) in [7, 11) is 0. The van der Waals surface area contributed by atoms with E-state index >= 15 is 0 Å². The fraction of sp³-hybridized carbons (Fsp3) is 0.529. The van der Waals surface area contributed by atoms with Crippen LogP contribution < -0.4 is 10.6 Å². The highest BCUT2D eigenvalue weighted by Crippen LogP contribution is 2.28. The highest BCUT2D eigenvalue weighted by atomic mass is 32.2. The molecule has 0 fully saturated rings. The Labute approximate surface area is 139 Å². The number of rotatable bonds is 9. The van der Waals surface area contributed by atoms with E-state index in [2.05, 4.69) is 81.8 Å². The number of hydrogen-bond donors (Lipinski definition) is 3. The van der Waals surface area contributed by atoms with Gasteiger partial charge in [-0.05, 0) is 39.8 Å². The molecule has 21 heavy (non-hydrogen) atoms. The number of anilines is 2. The molecule has 0 unspecified atom stereocenters. The first-order valence-corrected chi connectivity index (χ1v) is 8.71. The number of benzene rings is 1. The summed E-state index contributed by atoms with van der Waals surface area (Å²) < 4.78 is 0.135. The van der Waals surface area contributed by atoms with Crippen molar-refractivity contribution >= 4 is 35.8 Å². The summed E-state index contributed by atoms with van der Waals surface area (Å²) in [6.45, 7) is 14.2. The highest BCUT2D eigenvalue weighted by Gasteiger charge is 2.18. The molecule has 0 aliphatic carbocycles. The molecule has 0 saturated carbocycles. The van der Waals surface area contributed by atoms with Crippen LogP contribution in [0, 0.1) is 0 Å². The first-order chi connectivity index (χ1) is 9.73. The molecule has 4 heteroatoms. The highest BCUT2D eigenvalue weighted by molar-refractivity contribution is 8.00. The summed E-state index contributed by atoms with van der Waals surface area (Å²) in [6, 6.07) is 8.33. The molecule has 118 valence electrons. The van der Waals surface area contributed by atoms with Gasteiger partial charge in [-0.3, -0.25) is 0 Å². The lowest BCUT2D eigenvalue weighted by Gasteiger charge is -2.26. The molecule has 2 N–H and O–H groups in total. The van der Waals surface area contributed by atoms with Crippen LogP contribution in [0.1, 0.15) is 27.7 Å². The molecule has 0 spiro atoms. The zero-order valence-corrected chi connectivity index (χ0v) is 15.3. The van der Waals surface area contributed by atoms with E-state index in [1.165, 1.54) is 0 Å². The van der Waals surface area contributed by atoms with Gasteiger partial charge in [0, 0.05) is 28.3 Å². The summed E-state index contributed by atoms with van der Waals surface area (Å²) >= 11 is 6.47. The first-order valence-electron chi connectivity index (χ1n) is 7.27. The Bertz CT molecular complexity index is 450. The minimum atomic E-state index is -0.0355. The molecule has 0 radical (unpaired) electrons. The predicted molar refractivity (Wildman–Crippen MR) is 103 cm³/mol. The zero-order chi connectivity index (χ0) is 15.9. The summed E-state index contributed by atoms with van der Waals surface area (Å²) in [5, 5.41) is 7.03. The summed E-state index contributed by atoms with van der Waals surface area (Å²) in [5.74, 6) is 0.975. The summed E-state index contributed by atoms with van der Waals surface area (Å²) in [5.41, 5.74) is 2.27. The number of thiol groups is 1. The van der Waals surface area contributed by atoms with Crippen molar-refractivity contribution in [2.45, 2.75) is 37.2 Å². The maximum Gasteiger partial charge on any atom is 0.0576 e. The van der Waals surface area contributed by atoms with Gasteiger partial charge in [-0.2, -0.15) is 12.6 Å². The predicted octanol–water partition coefficient (Wildman–Crippen LogP) is 4.92. The van der Waals surface area contributed by atoms with Gasteiger partial charge >= 0.3 is 0 Å². The van der Waals surface area contributed by atoms with Crippen LogP contribution in [-0.2, 0) is 0 Å². The summed E-state index contributed by atoms with van der Waals surface area (Å²) in [6.07, 6.45) is 1.96. The van der Waals surface area contributed by atoms with Gasteiger partial charge in [-0.25, -0.2) is 0 Å². The molecular weight excluding hydrogens is 296 g/mol. The van der Waals surface area contributed by atoms with Crippen LogP contribution >= 0.6 is 24.4 Å². The second-order valence-corrected chi connectivity index (χ2v) is 9.36. The topological polar surface area (TPSA) is 24.1 Å². The van der Waals surface area contributed by atoms with Crippen LogP contribution in [0.3, 0.4) is 0 Å². The molecule has 0 heterocycles. The van der Waals surface area contributed by atoms with Crippen LogP contribution in [0.5, 0.6) is 0 Å². The Balaban J connectivity index is 2.64. The lowest BCUT2D eigenvalue weighted by atomic mass is 10.1. The van der Waals surface area contributed by atoms with Gasteiger partial charge in [0.15, 0.2) is 0 Å². The molecule has 0 aliphatic heterocycles. The van der Waals surface area contributed by atoms with Gasteiger partial charge in [-0.15, -0.1) is 18.3 Å². The molecule has 0 atom stereocenters. The lowest BCUT2D eigenvalue weighted by Crippen LogP contribution is -2.28. The Morgan fingerprint density at radius 1 is 1.10 bits per heavy atom. The van der Waals surface area contributed by atoms with Gasteiger partial charge in [0.25, 0.3) is 0 Å². The van der Waals surface area contributed by atoms with Crippen molar-refractivity contribution in [1.82, 2.24) is 0 Å². The van der Waals surface area contributed by atoms with Crippen LogP contribution in [-0.4, -0.2) is 28.3 Å². The molecule has 1 rings (SSSR count). The molecule has 2 nitrogen and oxygen atoms in total. The second-order valence-electron chi connectivity index (χ2n) is 6.42. The van der Waals surface area contributed by atoms with Gasteiger partial charge in [0.05, 0.1) is 11.4 Å². The van der Waals surface area contributed by atoms with Crippen molar-refractivity contribution in [3.63, 3.8) is 0 Å². The first kappa shape index (κ1) is 18.3. The fourth-order valence-electron chi connectivity index (χ4n) is 1.75. The van der Waals surface area contributed by atoms with E-state index in [1.807, 2.05) is 17.8 Å². The quantitative estimate of drug-likeness (QED) is 0.444. The van der Waals surface area contributed by atoms with Crippen LogP contribution in [0.15, 0.2) is 36.9 Å². The van der Waals surface area contributed by atoms with Gasteiger partial charge in [0.1, 0.15) is 0 Å². The van der Waals surface area contributed by atoms with Crippen LogP contribution in [0.4, 0.5) is 11.4 Å². The number of nitrogens with one attached hydrogen (secondary N) is 2. The van der Waals surface area contributed by atoms with E-state index in [1.54, 1.807) is 0 Å². The van der Waals surface area contributed by atoms with Crippen molar-refractivity contribution in [3.8, 4) is 0 Å². The molecule has 1 aromatic rings. The van der Waals surface area contributed by atoms with E-state index < -0.39 is 0 Å². The van der Waals surface area contributed by atoms with Crippen molar-refractivity contribution in [3.05, 3.63) is 36.9 Å². The van der Waals surface area contributed by atoms with Crippen LogP contribution in [0.25, 0.3) is 0 Å². The minimum Gasteiger partial charge on any atom is -0.382 e. The Morgan fingerprint density at radius 3 is 2.10 bits per heavy atom. The standard InChI is InChI=1S/C17H28N2S2/c1-6-11-21-17(4,5)13-19-15-10-8-7-9-14(15)18-12-16(2,3)20/h6-10,18-20H,1,11-13H2,2-5H3. The maximum absolute atomic E-state index is 4.56. The maximum atomic E-state index is 4.56. The molecule has 0 aliphatic rings. The third-order valence-corrected chi connectivity index (χ3v) is 4.42. The van der Waals surface area contributed by atoms with Gasteiger partial charge < -0.3 is 10.6 Å². The summed E-state index contributed by atoms with van der Waals surface area (Å²) in [4.78, 5) is 0. The third kappa shape index (κ3) is 7.72. The molecule has 0 saturated heterocycles.